The van der Waals surface area contributed by atoms with Crippen molar-refractivity contribution in [1.29, 1.82) is 0 Å². The highest BCUT2D eigenvalue weighted by Crippen LogP contribution is 2.17. The third kappa shape index (κ3) is 4.43. The van der Waals surface area contributed by atoms with Crippen LogP contribution in [-0.2, 0) is 0 Å². The van der Waals surface area contributed by atoms with Crippen LogP contribution in [0.25, 0.3) is 0 Å². The van der Waals surface area contributed by atoms with Crippen LogP contribution in [0.1, 0.15) is 51.9 Å². The van der Waals surface area contributed by atoms with Gasteiger partial charge >= 0.3 is 0 Å². The molecular weight excluding hydrogens is 174 g/mol. The summed E-state index contributed by atoms with van der Waals surface area (Å²) >= 11 is 0. The summed E-state index contributed by atoms with van der Waals surface area (Å²) in [6.45, 7) is 4.08. The summed E-state index contributed by atoms with van der Waals surface area (Å²) in [6.07, 6.45) is 9.26. The number of unbranched alkanes of at least 4 members (excludes halogenated alkanes) is 5. The van der Waals surface area contributed by atoms with Gasteiger partial charge in [-0.15, -0.1) is 0 Å². The van der Waals surface area contributed by atoms with Gasteiger partial charge in [-0.3, -0.25) is 0 Å². The van der Waals surface area contributed by atoms with Crippen LogP contribution in [0, 0.1) is 5.92 Å². The first-order valence-corrected chi connectivity index (χ1v) is 6.23. The lowest BCUT2D eigenvalue weighted by molar-refractivity contribution is 0.141. The first-order chi connectivity index (χ1) is 6.84. The van der Waals surface area contributed by atoms with Gasteiger partial charge in [-0.1, -0.05) is 45.4 Å². The van der Waals surface area contributed by atoms with Gasteiger partial charge in [-0.2, -0.15) is 0 Å². The van der Waals surface area contributed by atoms with E-state index in [9.17, 15) is 5.11 Å². The van der Waals surface area contributed by atoms with E-state index in [1.165, 1.54) is 44.9 Å². The molecule has 0 bridgehead atoms. The second kappa shape index (κ2) is 7.24. The Morgan fingerprint density at radius 3 is 2.43 bits per heavy atom. The van der Waals surface area contributed by atoms with Gasteiger partial charge in [0.1, 0.15) is 0 Å². The van der Waals surface area contributed by atoms with Crippen molar-refractivity contribution in [3.05, 3.63) is 0 Å². The molecule has 0 amide bonds. The van der Waals surface area contributed by atoms with Crippen molar-refractivity contribution in [3.8, 4) is 0 Å². The van der Waals surface area contributed by atoms with E-state index in [4.69, 9.17) is 0 Å². The Bertz CT molecular complexity index is 138. The fraction of sp³-hybridized carbons (Fsp3) is 1.00. The molecule has 2 atom stereocenters. The molecule has 2 nitrogen and oxygen atoms in total. The van der Waals surface area contributed by atoms with Crippen LogP contribution in [0.15, 0.2) is 0 Å². The third-order valence-corrected chi connectivity index (χ3v) is 3.23. The second-order valence-electron chi connectivity index (χ2n) is 4.54. The molecule has 0 unspecified atom stereocenters. The Hall–Kier alpha value is -0.0800. The molecule has 1 heterocycles. The fourth-order valence-corrected chi connectivity index (χ4v) is 2.20. The van der Waals surface area contributed by atoms with Gasteiger partial charge in [0, 0.05) is 13.1 Å². The number of aliphatic hydroxyl groups is 1. The molecule has 1 fully saturated rings. The largest absolute Gasteiger partial charge is 0.391 e. The summed E-state index contributed by atoms with van der Waals surface area (Å²) < 4.78 is 0. The number of nitrogens with one attached hydrogen (secondary N) is 1. The average Bonchev–Trinajstić information content (AvgIpc) is 2.58. The molecule has 0 aromatic rings. The SMILES string of the molecule is CCCCCCCC[C@H]1CNC[C@H]1O. The van der Waals surface area contributed by atoms with Crippen molar-refractivity contribution >= 4 is 0 Å². The summed E-state index contributed by atoms with van der Waals surface area (Å²) in [4.78, 5) is 0. The van der Waals surface area contributed by atoms with Gasteiger partial charge in [0.25, 0.3) is 0 Å². The Kier molecular flexibility index (Phi) is 6.20. The molecule has 0 aromatic carbocycles. The summed E-state index contributed by atoms with van der Waals surface area (Å²) in [5.74, 6) is 0.529. The summed E-state index contributed by atoms with van der Waals surface area (Å²) in [7, 11) is 0. The van der Waals surface area contributed by atoms with Crippen LogP contribution in [0.5, 0.6) is 0 Å². The highest BCUT2D eigenvalue weighted by molar-refractivity contribution is 4.79. The van der Waals surface area contributed by atoms with E-state index >= 15 is 0 Å². The molecule has 1 saturated heterocycles. The van der Waals surface area contributed by atoms with Crippen LogP contribution >= 0.6 is 0 Å². The molecule has 1 aliphatic rings. The van der Waals surface area contributed by atoms with Crippen LogP contribution < -0.4 is 5.32 Å². The first kappa shape index (κ1) is 12.0. The highest BCUT2D eigenvalue weighted by Gasteiger charge is 2.23. The van der Waals surface area contributed by atoms with E-state index in [-0.39, 0.29) is 6.10 Å². The molecular formula is C12H25NO. The summed E-state index contributed by atoms with van der Waals surface area (Å²) in [5, 5.41) is 12.8. The molecule has 1 aliphatic heterocycles. The molecule has 0 aromatic heterocycles. The highest BCUT2D eigenvalue weighted by atomic mass is 16.3. The molecule has 14 heavy (non-hydrogen) atoms. The average molecular weight is 199 g/mol. The zero-order valence-corrected chi connectivity index (χ0v) is 9.47. The molecule has 0 radical (unpaired) electrons. The van der Waals surface area contributed by atoms with Crippen molar-refractivity contribution in [3.63, 3.8) is 0 Å². The number of hydrogen-bond acceptors (Lipinski definition) is 2. The smallest absolute Gasteiger partial charge is 0.0704 e. The van der Waals surface area contributed by atoms with Gasteiger partial charge in [-0.25, -0.2) is 0 Å². The minimum absolute atomic E-state index is 0.0781. The lowest BCUT2D eigenvalue weighted by atomic mass is 9.98. The van der Waals surface area contributed by atoms with E-state index < -0.39 is 0 Å². The molecule has 0 spiro atoms. The molecule has 84 valence electrons. The molecule has 0 saturated carbocycles. The Labute approximate surface area is 88.1 Å². The van der Waals surface area contributed by atoms with Crippen molar-refractivity contribution in [2.24, 2.45) is 5.92 Å². The Morgan fingerprint density at radius 2 is 1.79 bits per heavy atom. The number of rotatable bonds is 7. The minimum Gasteiger partial charge on any atom is -0.391 e. The Balaban J connectivity index is 1.88. The van der Waals surface area contributed by atoms with Crippen LogP contribution in [0.4, 0.5) is 0 Å². The lowest BCUT2D eigenvalue weighted by Gasteiger charge is -2.12. The van der Waals surface area contributed by atoms with Crippen molar-refractivity contribution in [2.75, 3.05) is 13.1 Å². The monoisotopic (exact) mass is 199 g/mol. The van der Waals surface area contributed by atoms with E-state index in [1.807, 2.05) is 0 Å². The second-order valence-corrected chi connectivity index (χ2v) is 4.54. The van der Waals surface area contributed by atoms with E-state index in [2.05, 4.69) is 12.2 Å². The lowest BCUT2D eigenvalue weighted by Crippen LogP contribution is -2.17. The van der Waals surface area contributed by atoms with Crippen LogP contribution in [-0.4, -0.2) is 24.3 Å². The van der Waals surface area contributed by atoms with Crippen LogP contribution in [0.2, 0.25) is 0 Å². The molecule has 0 aliphatic carbocycles. The van der Waals surface area contributed by atoms with E-state index in [1.54, 1.807) is 0 Å². The maximum atomic E-state index is 9.57. The maximum absolute atomic E-state index is 9.57. The molecule has 2 N–H and O–H groups in total. The van der Waals surface area contributed by atoms with Crippen molar-refractivity contribution in [2.45, 2.75) is 58.0 Å². The quantitative estimate of drug-likeness (QED) is 0.617. The zero-order valence-electron chi connectivity index (χ0n) is 9.47. The van der Waals surface area contributed by atoms with Gasteiger partial charge in [0.05, 0.1) is 6.10 Å². The zero-order chi connectivity index (χ0) is 10.2. The fourth-order valence-electron chi connectivity index (χ4n) is 2.20. The van der Waals surface area contributed by atoms with Gasteiger partial charge < -0.3 is 10.4 Å². The topological polar surface area (TPSA) is 32.3 Å². The molecule has 2 heteroatoms. The standard InChI is InChI=1S/C12H25NO/c1-2-3-4-5-6-7-8-11-9-13-10-12(11)14/h11-14H,2-10H2,1H3/t11-,12+/m0/s1. The van der Waals surface area contributed by atoms with E-state index in [0.717, 1.165) is 13.1 Å². The summed E-state index contributed by atoms with van der Waals surface area (Å²) in [6, 6.07) is 0. The Morgan fingerprint density at radius 1 is 1.07 bits per heavy atom. The number of aliphatic hydroxyl groups excluding tert-OH is 1. The predicted molar refractivity (Wildman–Crippen MR) is 60.4 cm³/mol. The first-order valence-electron chi connectivity index (χ1n) is 6.23. The maximum Gasteiger partial charge on any atom is 0.0704 e. The minimum atomic E-state index is -0.0781. The number of hydrogen-bond donors (Lipinski definition) is 2. The summed E-state index contributed by atoms with van der Waals surface area (Å²) in [5.41, 5.74) is 0. The van der Waals surface area contributed by atoms with Crippen molar-refractivity contribution in [1.82, 2.24) is 5.32 Å². The molecule has 1 rings (SSSR count). The van der Waals surface area contributed by atoms with Gasteiger partial charge in [0.15, 0.2) is 0 Å². The third-order valence-electron chi connectivity index (χ3n) is 3.23. The predicted octanol–water partition coefficient (Wildman–Crippen LogP) is 2.32. The number of β-amino-alcohol motifs (C(OH)–C–C–N with tert-alkyl or cyclic N) is 1. The normalized spacial score (nSPS) is 27.0. The van der Waals surface area contributed by atoms with Gasteiger partial charge in [-0.05, 0) is 12.3 Å². The van der Waals surface area contributed by atoms with Gasteiger partial charge in [0.2, 0.25) is 0 Å². The van der Waals surface area contributed by atoms with Crippen LogP contribution in [0.3, 0.4) is 0 Å². The van der Waals surface area contributed by atoms with E-state index in [0.29, 0.717) is 5.92 Å². The van der Waals surface area contributed by atoms with Crippen molar-refractivity contribution < 1.29 is 5.11 Å².